The fraction of sp³-hybridized carbons (Fsp3) is 0.400. The van der Waals surface area contributed by atoms with Crippen molar-refractivity contribution in [2.24, 2.45) is 5.14 Å². The smallest absolute Gasteiger partial charge is 0.261 e. The first-order valence-electron chi connectivity index (χ1n) is 9.73. The molecule has 0 radical (unpaired) electrons. The molecule has 0 atom stereocenters. The first-order chi connectivity index (χ1) is 14.2. The molecule has 0 bridgehead atoms. The second-order valence-electron chi connectivity index (χ2n) is 7.37. The Hall–Kier alpha value is -2.27. The zero-order chi connectivity index (χ0) is 21.7. The van der Waals surface area contributed by atoms with Gasteiger partial charge in [0.2, 0.25) is 15.9 Å². The van der Waals surface area contributed by atoms with Crippen LogP contribution in [0.3, 0.4) is 0 Å². The fourth-order valence-corrected chi connectivity index (χ4v) is 4.61. The topological polar surface area (TPSA) is 122 Å². The Morgan fingerprint density at radius 3 is 2.37 bits per heavy atom. The summed E-state index contributed by atoms with van der Waals surface area (Å²) >= 11 is 1.50. The number of nitrogens with one attached hydrogen (secondary N) is 2. The molecule has 3 rings (SSSR count). The number of primary sulfonamides is 1. The van der Waals surface area contributed by atoms with Crippen molar-refractivity contribution >= 4 is 38.9 Å². The molecule has 1 aliphatic heterocycles. The third-order valence-electron chi connectivity index (χ3n) is 5.01. The first kappa shape index (κ1) is 22.4. The number of aryl methyl sites for hydroxylation is 1. The Kier molecular flexibility index (Phi) is 7.24. The van der Waals surface area contributed by atoms with Crippen LogP contribution in [0.1, 0.15) is 33.8 Å². The van der Waals surface area contributed by atoms with E-state index in [-0.39, 0.29) is 22.8 Å². The van der Waals surface area contributed by atoms with Gasteiger partial charge in [0.1, 0.15) is 0 Å². The Balaban J connectivity index is 1.38. The zero-order valence-corrected chi connectivity index (χ0v) is 18.4. The second kappa shape index (κ2) is 9.69. The summed E-state index contributed by atoms with van der Waals surface area (Å²) in [5, 5.41) is 10.9. The van der Waals surface area contributed by atoms with Crippen LogP contribution in [0.5, 0.6) is 0 Å². The SMILES string of the molecule is Cc1ccc(C(=O)NC2CCN(CCC(=O)Nc3ccc(S(N)(=O)=O)cc3)CC2)s1. The summed E-state index contributed by atoms with van der Waals surface area (Å²) in [4.78, 5) is 28.5. The predicted octanol–water partition coefficient (Wildman–Crippen LogP) is 1.93. The molecule has 162 valence electrons. The van der Waals surface area contributed by atoms with Gasteiger partial charge in [0.15, 0.2) is 0 Å². The van der Waals surface area contributed by atoms with E-state index in [1.165, 1.54) is 35.6 Å². The van der Waals surface area contributed by atoms with Gasteiger partial charge in [0.25, 0.3) is 5.91 Å². The lowest BCUT2D eigenvalue weighted by atomic mass is 10.0. The van der Waals surface area contributed by atoms with Gasteiger partial charge >= 0.3 is 0 Å². The van der Waals surface area contributed by atoms with Crippen molar-refractivity contribution in [1.29, 1.82) is 0 Å². The molecule has 1 aromatic heterocycles. The Morgan fingerprint density at radius 1 is 1.13 bits per heavy atom. The van der Waals surface area contributed by atoms with E-state index < -0.39 is 10.0 Å². The summed E-state index contributed by atoms with van der Waals surface area (Å²) in [5.74, 6) is -0.152. The van der Waals surface area contributed by atoms with E-state index in [4.69, 9.17) is 5.14 Å². The normalized spacial score (nSPS) is 15.7. The molecular weight excluding hydrogens is 424 g/mol. The number of anilines is 1. The molecule has 10 heteroatoms. The molecule has 0 aliphatic carbocycles. The molecule has 1 fully saturated rings. The molecule has 1 saturated heterocycles. The van der Waals surface area contributed by atoms with E-state index in [1.807, 2.05) is 19.1 Å². The van der Waals surface area contributed by atoms with E-state index in [0.29, 0.717) is 18.7 Å². The van der Waals surface area contributed by atoms with Crippen LogP contribution in [-0.2, 0) is 14.8 Å². The summed E-state index contributed by atoms with van der Waals surface area (Å²) in [6.07, 6.45) is 2.04. The maximum absolute atomic E-state index is 12.3. The molecule has 2 aromatic rings. The van der Waals surface area contributed by atoms with Crippen LogP contribution < -0.4 is 15.8 Å². The molecule has 1 aromatic carbocycles. The summed E-state index contributed by atoms with van der Waals surface area (Å²) in [6, 6.07) is 9.71. The van der Waals surface area contributed by atoms with Crippen molar-refractivity contribution in [3.63, 3.8) is 0 Å². The van der Waals surface area contributed by atoms with E-state index in [1.54, 1.807) is 0 Å². The quantitative estimate of drug-likeness (QED) is 0.595. The molecule has 2 amide bonds. The Labute approximate surface area is 180 Å². The zero-order valence-electron chi connectivity index (χ0n) is 16.8. The molecule has 4 N–H and O–H groups in total. The van der Waals surface area contributed by atoms with E-state index in [2.05, 4.69) is 15.5 Å². The lowest BCUT2D eigenvalue weighted by Crippen LogP contribution is -2.45. The van der Waals surface area contributed by atoms with Crippen LogP contribution in [0.2, 0.25) is 0 Å². The molecule has 8 nitrogen and oxygen atoms in total. The van der Waals surface area contributed by atoms with E-state index in [9.17, 15) is 18.0 Å². The van der Waals surface area contributed by atoms with Gasteiger partial charge in [-0.2, -0.15) is 0 Å². The monoisotopic (exact) mass is 450 g/mol. The fourth-order valence-electron chi connectivity index (χ4n) is 3.33. The highest BCUT2D eigenvalue weighted by Gasteiger charge is 2.22. The molecule has 1 aliphatic rings. The number of piperidine rings is 1. The van der Waals surface area contributed by atoms with Crippen LogP contribution in [0.25, 0.3) is 0 Å². The average Bonchev–Trinajstić information content (AvgIpc) is 3.14. The second-order valence-corrected chi connectivity index (χ2v) is 10.2. The predicted molar refractivity (Wildman–Crippen MR) is 117 cm³/mol. The van der Waals surface area contributed by atoms with Gasteiger partial charge < -0.3 is 15.5 Å². The molecule has 0 unspecified atom stereocenters. The minimum absolute atomic E-state index is 0.00433. The van der Waals surface area contributed by atoms with Crippen molar-refractivity contribution in [3.8, 4) is 0 Å². The number of nitrogens with zero attached hydrogens (tertiary/aromatic N) is 1. The lowest BCUT2D eigenvalue weighted by Gasteiger charge is -2.32. The Morgan fingerprint density at radius 2 is 1.80 bits per heavy atom. The number of amides is 2. The Bertz CT molecular complexity index is 994. The highest BCUT2D eigenvalue weighted by molar-refractivity contribution is 7.89. The van der Waals surface area contributed by atoms with Gasteiger partial charge in [-0.3, -0.25) is 9.59 Å². The lowest BCUT2D eigenvalue weighted by molar-refractivity contribution is -0.116. The number of nitrogens with two attached hydrogens (primary N) is 1. The molecular formula is C20H26N4O4S2. The third-order valence-corrected chi connectivity index (χ3v) is 6.94. The number of likely N-dealkylation sites (tertiary alicyclic amines) is 1. The van der Waals surface area contributed by atoms with E-state index >= 15 is 0 Å². The maximum atomic E-state index is 12.3. The molecule has 0 saturated carbocycles. The minimum Gasteiger partial charge on any atom is -0.349 e. The van der Waals surface area contributed by atoms with Crippen molar-refractivity contribution in [1.82, 2.24) is 10.2 Å². The van der Waals surface area contributed by atoms with Crippen LogP contribution in [0.15, 0.2) is 41.3 Å². The molecule has 2 heterocycles. The summed E-state index contributed by atoms with van der Waals surface area (Å²) in [5.41, 5.74) is 0.526. The van der Waals surface area contributed by atoms with Gasteiger partial charge in [0.05, 0.1) is 9.77 Å². The number of thiophene rings is 1. The van der Waals surface area contributed by atoms with Crippen LogP contribution >= 0.6 is 11.3 Å². The van der Waals surface area contributed by atoms with Gasteiger partial charge in [-0.05, 0) is 56.2 Å². The average molecular weight is 451 g/mol. The number of rotatable bonds is 7. The van der Waals surface area contributed by atoms with Crippen LogP contribution in [0.4, 0.5) is 5.69 Å². The highest BCUT2D eigenvalue weighted by atomic mass is 32.2. The highest BCUT2D eigenvalue weighted by Crippen LogP contribution is 2.17. The number of hydrogen-bond donors (Lipinski definition) is 3. The van der Waals surface area contributed by atoms with Gasteiger partial charge in [-0.1, -0.05) is 0 Å². The van der Waals surface area contributed by atoms with Crippen molar-refractivity contribution in [3.05, 3.63) is 46.2 Å². The standard InChI is InChI=1S/C20H26N4O4S2/c1-14-2-7-18(29-14)20(26)23-16-8-11-24(12-9-16)13-10-19(25)22-15-3-5-17(6-4-15)30(21,27)28/h2-7,16H,8-13H2,1H3,(H,22,25)(H,23,26)(H2,21,27,28). The number of carbonyl (C=O) groups excluding carboxylic acids is 2. The number of hydrogen-bond acceptors (Lipinski definition) is 6. The van der Waals surface area contributed by atoms with Gasteiger partial charge in [-0.15, -0.1) is 11.3 Å². The van der Waals surface area contributed by atoms with Gasteiger partial charge in [0, 0.05) is 42.7 Å². The van der Waals surface area contributed by atoms with Crippen LogP contribution in [-0.4, -0.2) is 50.8 Å². The van der Waals surface area contributed by atoms with Crippen molar-refractivity contribution in [2.75, 3.05) is 25.0 Å². The van der Waals surface area contributed by atoms with Gasteiger partial charge in [-0.25, -0.2) is 13.6 Å². The molecule has 0 spiro atoms. The number of benzene rings is 1. The third kappa shape index (κ3) is 6.36. The molecule has 30 heavy (non-hydrogen) atoms. The summed E-state index contributed by atoms with van der Waals surface area (Å²) < 4.78 is 22.5. The largest absolute Gasteiger partial charge is 0.349 e. The van der Waals surface area contributed by atoms with E-state index in [0.717, 1.165) is 35.7 Å². The van der Waals surface area contributed by atoms with Crippen LogP contribution in [0, 0.1) is 6.92 Å². The summed E-state index contributed by atoms with van der Waals surface area (Å²) in [7, 11) is -3.74. The van der Waals surface area contributed by atoms with Crippen molar-refractivity contribution in [2.45, 2.75) is 37.1 Å². The van der Waals surface area contributed by atoms with Crippen molar-refractivity contribution < 1.29 is 18.0 Å². The minimum atomic E-state index is -3.74. The summed E-state index contributed by atoms with van der Waals surface area (Å²) in [6.45, 7) is 4.26. The maximum Gasteiger partial charge on any atom is 0.261 e. The number of carbonyl (C=O) groups is 2. The first-order valence-corrected chi connectivity index (χ1v) is 12.1. The number of sulfonamides is 1.